The number of hydrogen-bond donors (Lipinski definition) is 2. The van der Waals surface area contributed by atoms with Crippen molar-refractivity contribution in [2.75, 3.05) is 11.1 Å². The van der Waals surface area contributed by atoms with Crippen LogP contribution in [0.15, 0.2) is 46.8 Å². The Morgan fingerprint density at radius 1 is 1.19 bits per heavy atom. The summed E-state index contributed by atoms with van der Waals surface area (Å²) in [5.41, 5.74) is 0.930. The summed E-state index contributed by atoms with van der Waals surface area (Å²) >= 11 is 2.51. The van der Waals surface area contributed by atoms with E-state index in [2.05, 4.69) is 27.6 Å². The van der Waals surface area contributed by atoms with Crippen LogP contribution in [0.4, 0.5) is 10.8 Å². The first-order valence-electron chi connectivity index (χ1n) is 6.14. The van der Waals surface area contributed by atoms with E-state index in [1.54, 1.807) is 0 Å². The van der Waals surface area contributed by atoms with Crippen molar-refractivity contribution in [3.63, 3.8) is 0 Å². The van der Waals surface area contributed by atoms with Crippen LogP contribution in [-0.2, 0) is 4.79 Å². The van der Waals surface area contributed by atoms with Crippen molar-refractivity contribution in [2.45, 2.75) is 4.34 Å². The highest BCUT2D eigenvalue weighted by molar-refractivity contribution is 8.01. The molecule has 7 heteroatoms. The minimum Gasteiger partial charge on any atom is -0.481 e. The highest BCUT2D eigenvalue weighted by atomic mass is 32.2. The van der Waals surface area contributed by atoms with Crippen molar-refractivity contribution in [3.8, 4) is 0 Å². The number of benzene rings is 2. The number of nitrogens with one attached hydrogen (secondary N) is 1. The average molecular weight is 317 g/mol. The first kappa shape index (κ1) is 13.8. The maximum absolute atomic E-state index is 10.5. The number of hydrogen-bond acceptors (Lipinski definition) is 6. The molecule has 1 aromatic heterocycles. The number of fused-ring (bicyclic) bond motifs is 1. The molecule has 0 saturated carbocycles. The second-order valence-corrected chi connectivity index (χ2v) is 6.44. The molecule has 1 heterocycles. The van der Waals surface area contributed by atoms with E-state index >= 15 is 0 Å². The third-order valence-corrected chi connectivity index (χ3v) is 4.68. The molecule has 0 amide bonds. The Morgan fingerprint density at radius 2 is 2.00 bits per heavy atom. The van der Waals surface area contributed by atoms with Gasteiger partial charge in [-0.1, -0.05) is 53.4 Å². The molecule has 0 unspecified atom stereocenters. The number of aliphatic carboxylic acids is 1. The highest BCUT2D eigenvalue weighted by Gasteiger charge is 2.07. The van der Waals surface area contributed by atoms with Crippen LogP contribution < -0.4 is 5.32 Å². The van der Waals surface area contributed by atoms with Crippen LogP contribution >= 0.6 is 23.1 Å². The summed E-state index contributed by atoms with van der Waals surface area (Å²) in [4.78, 5) is 10.5. The predicted octanol–water partition coefficient (Wildman–Crippen LogP) is 3.61. The minimum absolute atomic E-state index is 0.00932. The summed E-state index contributed by atoms with van der Waals surface area (Å²) in [7, 11) is 0. The second-order valence-electron chi connectivity index (χ2n) is 4.24. The summed E-state index contributed by atoms with van der Waals surface area (Å²) in [6.45, 7) is 0. The van der Waals surface area contributed by atoms with Crippen LogP contribution in [-0.4, -0.2) is 27.0 Å². The minimum atomic E-state index is -0.862. The molecular weight excluding hydrogens is 306 g/mol. The molecule has 3 rings (SSSR count). The lowest BCUT2D eigenvalue weighted by atomic mass is 10.1. The molecule has 2 N–H and O–H groups in total. The third kappa shape index (κ3) is 3.50. The number of carboxylic acid groups (broad SMARTS) is 1. The quantitative estimate of drug-likeness (QED) is 0.700. The molecule has 5 nitrogen and oxygen atoms in total. The Morgan fingerprint density at radius 3 is 2.81 bits per heavy atom. The van der Waals surface area contributed by atoms with Crippen molar-refractivity contribution in [2.24, 2.45) is 0 Å². The Kier molecular flexibility index (Phi) is 4.03. The van der Waals surface area contributed by atoms with Crippen LogP contribution in [0.2, 0.25) is 0 Å². The van der Waals surface area contributed by atoms with E-state index in [0.717, 1.165) is 11.1 Å². The van der Waals surface area contributed by atoms with E-state index in [-0.39, 0.29) is 5.75 Å². The van der Waals surface area contributed by atoms with Gasteiger partial charge in [0, 0.05) is 5.69 Å². The molecule has 0 aliphatic heterocycles. The number of anilines is 2. The first-order chi connectivity index (χ1) is 10.2. The fourth-order valence-electron chi connectivity index (χ4n) is 1.83. The lowest BCUT2D eigenvalue weighted by molar-refractivity contribution is -0.133. The van der Waals surface area contributed by atoms with Gasteiger partial charge in [0.25, 0.3) is 0 Å². The van der Waals surface area contributed by atoms with Gasteiger partial charge < -0.3 is 10.4 Å². The van der Waals surface area contributed by atoms with Crippen molar-refractivity contribution in [1.82, 2.24) is 10.2 Å². The van der Waals surface area contributed by atoms with Crippen LogP contribution in [0, 0.1) is 0 Å². The van der Waals surface area contributed by atoms with E-state index in [1.165, 1.54) is 28.5 Å². The summed E-state index contributed by atoms with van der Waals surface area (Å²) < 4.78 is 0.640. The van der Waals surface area contributed by atoms with Gasteiger partial charge in [0.1, 0.15) is 0 Å². The molecule has 21 heavy (non-hydrogen) atoms. The van der Waals surface area contributed by atoms with Crippen LogP contribution in [0.25, 0.3) is 10.8 Å². The van der Waals surface area contributed by atoms with Crippen molar-refractivity contribution in [1.29, 1.82) is 0 Å². The van der Waals surface area contributed by atoms with Gasteiger partial charge in [-0.2, -0.15) is 0 Å². The molecular formula is C14H11N3O2S2. The zero-order valence-electron chi connectivity index (χ0n) is 10.8. The molecule has 0 bridgehead atoms. The third-order valence-electron chi connectivity index (χ3n) is 2.73. The number of aromatic nitrogens is 2. The topological polar surface area (TPSA) is 75.1 Å². The van der Waals surface area contributed by atoms with Crippen LogP contribution in [0.1, 0.15) is 0 Å². The van der Waals surface area contributed by atoms with E-state index in [1.807, 2.05) is 30.3 Å². The number of rotatable bonds is 5. The zero-order chi connectivity index (χ0) is 14.7. The second kappa shape index (κ2) is 6.11. The monoisotopic (exact) mass is 317 g/mol. The summed E-state index contributed by atoms with van der Waals surface area (Å²) in [5, 5.41) is 22.8. The smallest absolute Gasteiger partial charge is 0.313 e. The Bertz CT molecular complexity index is 788. The number of carboxylic acids is 1. The standard InChI is InChI=1S/C14H11N3O2S2/c18-12(19)8-20-14-17-16-13(21-14)15-11-6-5-9-3-1-2-4-10(9)7-11/h1-7H,8H2,(H,15,16)(H,18,19). The molecule has 0 radical (unpaired) electrons. The molecule has 0 aliphatic rings. The summed E-state index contributed by atoms with van der Waals surface area (Å²) in [5.74, 6) is -0.871. The predicted molar refractivity (Wildman–Crippen MR) is 85.5 cm³/mol. The number of nitrogens with zero attached hydrogens (tertiary/aromatic N) is 2. The number of thioether (sulfide) groups is 1. The van der Waals surface area contributed by atoms with Gasteiger partial charge >= 0.3 is 5.97 Å². The van der Waals surface area contributed by atoms with E-state index in [9.17, 15) is 4.79 Å². The molecule has 0 fully saturated rings. The van der Waals surface area contributed by atoms with Gasteiger partial charge in [0.15, 0.2) is 4.34 Å². The maximum Gasteiger partial charge on any atom is 0.313 e. The molecule has 2 aromatic carbocycles. The molecule has 0 saturated heterocycles. The fraction of sp³-hybridized carbons (Fsp3) is 0.0714. The fourth-order valence-corrected chi connectivity index (χ4v) is 3.33. The molecule has 3 aromatic rings. The Balaban J connectivity index is 1.74. The Labute approximate surface area is 129 Å². The van der Waals surface area contributed by atoms with Crippen LogP contribution in [0.5, 0.6) is 0 Å². The lowest BCUT2D eigenvalue weighted by Gasteiger charge is -2.03. The van der Waals surface area contributed by atoms with Gasteiger partial charge in [0.2, 0.25) is 5.13 Å². The van der Waals surface area contributed by atoms with E-state index in [0.29, 0.717) is 9.47 Å². The van der Waals surface area contributed by atoms with Gasteiger partial charge in [-0.15, -0.1) is 10.2 Å². The highest BCUT2D eigenvalue weighted by Crippen LogP contribution is 2.28. The first-order valence-corrected chi connectivity index (χ1v) is 7.95. The lowest BCUT2D eigenvalue weighted by Crippen LogP contribution is -1.96. The van der Waals surface area contributed by atoms with Crippen molar-refractivity contribution >= 4 is 50.7 Å². The largest absolute Gasteiger partial charge is 0.481 e. The van der Waals surface area contributed by atoms with Gasteiger partial charge in [-0.25, -0.2) is 0 Å². The Hall–Kier alpha value is -2.12. The molecule has 0 aliphatic carbocycles. The molecule has 106 valence electrons. The van der Waals surface area contributed by atoms with Crippen molar-refractivity contribution in [3.05, 3.63) is 42.5 Å². The van der Waals surface area contributed by atoms with Gasteiger partial charge in [0.05, 0.1) is 5.75 Å². The molecule has 0 atom stereocenters. The molecule has 0 spiro atoms. The van der Waals surface area contributed by atoms with E-state index in [4.69, 9.17) is 5.11 Å². The van der Waals surface area contributed by atoms with Gasteiger partial charge in [-0.3, -0.25) is 4.79 Å². The summed E-state index contributed by atoms with van der Waals surface area (Å²) in [6.07, 6.45) is 0. The maximum atomic E-state index is 10.5. The van der Waals surface area contributed by atoms with Crippen molar-refractivity contribution < 1.29 is 9.90 Å². The normalized spacial score (nSPS) is 10.7. The summed E-state index contributed by atoms with van der Waals surface area (Å²) in [6, 6.07) is 14.2. The van der Waals surface area contributed by atoms with Gasteiger partial charge in [-0.05, 0) is 22.9 Å². The number of carbonyl (C=O) groups is 1. The zero-order valence-corrected chi connectivity index (χ0v) is 12.4. The average Bonchev–Trinajstić information content (AvgIpc) is 2.92. The van der Waals surface area contributed by atoms with Crippen LogP contribution in [0.3, 0.4) is 0 Å². The SMILES string of the molecule is O=C(O)CSc1nnc(Nc2ccc3ccccc3c2)s1. The van der Waals surface area contributed by atoms with E-state index < -0.39 is 5.97 Å².